The summed E-state index contributed by atoms with van der Waals surface area (Å²) in [6.45, 7) is 0.819. The first kappa shape index (κ1) is 13.2. The molecule has 3 saturated heterocycles. The highest BCUT2D eigenvalue weighted by Gasteiger charge is 2.40. The molecule has 1 aromatic heterocycles. The van der Waals surface area contributed by atoms with Crippen LogP contribution in [0.3, 0.4) is 0 Å². The predicted octanol–water partition coefficient (Wildman–Crippen LogP) is 0.170. The van der Waals surface area contributed by atoms with E-state index in [9.17, 15) is 4.79 Å². The Kier molecular flexibility index (Phi) is 3.19. The lowest BCUT2D eigenvalue weighted by Gasteiger charge is -2.34. The van der Waals surface area contributed by atoms with Crippen molar-refractivity contribution in [1.82, 2.24) is 25.7 Å². The molecule has 0 radical (unpaired) electrons. The van der Waals surface area contributed by atoms with Crippen LogP contribution >= 0.6 is 0 Å². The number of rotatable bonds is 2. The zero-order chi connectivity index (χ0) is 14.4. The number of amides is 1. The fraction of sp³-hybridized carbons (Fsp3) is 0.786. The fourth-order valence-corrected chi connectivity index (χ4v) is 3.92. The summed E-state index contributed by atoms with van der Waals surface area (Å²) in [4.78, 5) is 18.3. The number of carbonyl (C=O) groups excluding carboxylic acids is 1. The Labute approximate surface area is 123 Å². The summed E-state index contributed by atoms with van der Waals surface area (Å²) < 4.78 is 5.42. The van der Waals surface area contributed by atoms with Gasteiger partial charge in [0, 0.05) is 24.5 Å². The van der Waals surface area contributed by atoms with Crippen molar-refractivity contribution < 1.29 is 9.32 Å². The number of hydrogen-bond donors (Lipinski definition) is 2. The van der Waals surface area contributed by atoms with Gasteiger partial charge < -0.3 is 14.7 Å². The third-order valence-corrected chi connectivity index (χ3v) is 5.23. The van der Waals surface area contributed by atoms with Gasteiger partial charge in [-0.25, -0.2) is 0 Å². The van der Waals surface area contributed by atoms with E-state index >= 15 is 0 Å². The Morgan fingerprint density at radius 3 is 2.71 bits per heavy atom. The van der Waals surface area contributed by atoms with Gasteiger partial charge in [-0.2, -0.15) is 4.98 Å². The highest BCUT2D eigenvalue weighted by Crippen LogP contribution is 2.41. The highest BCUT2D eigenvalue weighted by molar-refractivity contribution is 5.78. The van der Waals surface area contributed by atoms with Crippen molar-refractivity contribution >= 4 is 5.91 Å². The highest BCUT2D eigenvalue weighted by atomic mass is 16.5. The SMILES string of the molecule is CN1C2CCC1CC(c1noc(C3CNC(=O)CN3)n1)C2. The van der Waals surface area contributed by atoms with Gasteiger partial charge in [-0.05, 0) is 32.7 Å². The summed E-state index contributed by atoms with van der Waals surface area (Å²) in [6, 6.07) is 1.28. The van der Waals surface area contributed by atoms with E-state index in [0.29, 0.717) is 37.0 Å². The second kappa shape index (κ2) is 5.06. The average Bonchev–Trinajstić information content (AvgIpc) is 3.03. The third-order valence-electron chi connectivity index (χ3n) is 5.23. The average molecular weight is 291 g/mol. The Balaban J connectivity index is 1.46. The molecule has 4 rings (SSSR count). The van der Waals surface area contributed by atoms with Crippen LogP contribution in [0.1, 0.15) is 49.4 Å². The lowest BCUT2D eigenvalue weighted by Crippen LogP contribution is -2.47. The normalized spacial score (nSPS) is 36.7. The number of nitrogens with one attached hydrogen (secondary N) is 2. The van der Waals surface area contributed by atoms with Crippen molar-refractivity contribution in [3.63, 3.8) is 0 Å². The van der Waals surface area contributed by atoms with E-state index in [1.54, 1.807) is 0 Å². The number of carbonyl (C=O) groups is 1. The minimum absolute atomic E-state index is 0.0119. The lowest BCUT2D eigenvalue weighted by molar-refractivity contribution is -0.121. The molecule has 0 aliphatic carbocycles. The molecule has 21 heavy (non-hydrogen) atoms. The van der Waals surface area contributed by atoms with Crippen molar-refractivity contribution in [2.24, 2.45) is 0 Å². The van der Waals surface area contributed by atoms with Crippen LogP contribution < -0.4 is 10.6 Å². The van der Waals surface area contributed by atoms with Gasteiger partial charge in [-0.15, -0.1) is 0 Å². The molecule has 3 fully saturated rings. The van der Waals surface area contributed by atoms with E-state index < -0.39 is 0 Å². The zero-order valence-electron chi connectivity index (χ0n) is 12.2. The molecule has 0 spiro atoms. The molecule has 114 valence electrons. The van der Waals surface area contributed by atoms with Crippen molar-refractivity contribution in [2.45, 2.75) is 49.7 Å². The summed E-state index contributed by atoms with van der Waals surface area (Å²) in [7, 11) is 2.23. The molecule has 2 bridgehead atoms. The Morgan fingerprint density at radius 2 is 2.05 bits per heavy atom. The van der Waals surface area contributed by atoms with Gasteiger partial charge in [-0.1, -0.05) is 5.16 Å². The van der Waals surface area contributed by atoms with E-state index in [4.69, 9.17) is 4.52 Å². The molecule has 3 atom stereocenters. The maximum Gasteiger partial charge on any atom is 0.245 e. The van der Waals surface area contributed by atoms with E-state index in [-0.39, 0.29) is 11.9 Å². The van der Waals surface area contributed by atoms with Crippen LogP contribution in [0.5, 0.6) is 0 Å². The standard InChI is InChI=1S/C14H21N5O2/c1-19-9-2-3-10(19)5-8(4-9)13-17-14(21-18-13)11-6-16-12(20)7-15-11/h8-11,15H,2-7H2,1H3,(H,16,20). The quantitative estimate of drug-likeness (QED) is 0.808. The first-order valence-electron chi connectivity index (χ1n) is 7.76. The number of nitrogens with zero attached hydrogens (tertiary/aromatic N) is 3. The second-order valence-electron chi connectivity index (χ2n) is 6.45. The molecule has 1 amide bonds. The first-order chi connectivity index (χ1) is 10.2. The lowest BCUT2D eigenvalue weighted by atomic mass is 9.90. The van der Waals surface area contributed by atoms with Crippen molar-refractivity contribution in [3.8, 4) is 0 Å². The number of fused-ring (bicyclic) bond motifs is 2. The van der Waals surface area contributed by atoms with Crippen LogP contribution in [-0.2, 0) is 4.79 Å². The summed E-state index contributed by atoms with van der Waals surface area (Å²) in [5.41, 5.74) is 0. The Morgan fingerprint density at radius 1 is 1.29 bits per heavy atom. The summed E-state index contributed by atoms with van der Waals surface area (Å²) in [5, 5.41) is 10.1. The topological polar surface area (TPSA) is 83.3 Å². The molecular weight excluding hydrogens is 270 g/mol. The molecule has 3 aliphatic heterocycles. The maximum atomic E-state index is 11.2. The monoisotopic (exact) mass is 291 g/mol. The third kappa shape index (κ3) is 2.34. The number of piperazine rings is 1. The molecule has 3 aliphatic rings. The van der Waals surface area contributed by atoms with Crippen LogP contribution in [0, 0.1) is 0 Å². The molecule has 0 aromatic carbocycles. The minimum Gasteiger partial charge on any atom is -0.353 e. The maximum absolute atomic E-state index is 11.2. The molecule has 1 aromatic rings. The minimum atomic E-state index is -0.0630. The van der Waals surface area contributed by atoms with Crippen LogP contribution in [0.2, 0.25) is 0 Å². The van der Waals surface area contributed by atoms with E-state index in [1.165, 1.54) is 12.8 Å². The number of piperidine rings is 1. The summed E-state index contributed by atoms with van der Waals surface area (Å²) in [6.07, 6.45) is 4.83. The molecule has 7 nitrogen and oxygen atoms in total. The molecule has 7 heteroatoms. The van der Waals surface area contributed by atoms with Gasteiger partial charge in [-0.3, -0.25) is 10.1 Å². The van der Waals surface area contributed by atoms with E-state index in [1.807, 2.05) is 0 Å². The number of hydrogen-bond acceptors (Lipinski definition) is 6. The van der Waals surface area contributed by atoms with Crippen LogP contribution in [0.15, 0.2) is 4.52 Å². The largest absolute Gasteiger partial charge is 0.353 e. The van der Waals surface area contributed by atoms with E-state index in [0.717, 1.165) is 18.7 Å². The van der Waals surface area contributed by atoms with Gasteiger partial charge in [0.1, 0.15) is 6.04 Å². The molecule has 4 heterocycles. The van der Waals surface area contributed by atoms with Crippen molar-refractivity contribution in [3.05, 3.63) is 11.7 Å². The fourth-order valence-electron chi connectivity index (χ4n) is 3.92. The van der Waals surface area contributed by atoms with Gasteiger partial charge in [0.2, 0.25) is 11.8 Å². The molecular formula is C14H21N5O2. The zero-order valence-corrected chi connectivity index (χ0v) is 12.2. The van der Waals surface area contributed by atoms with Crippen LogP contribution in [0.4, 0.5) is 0 Å². The molecule has 3 unspecified atom stereocenters. The second-order valence-corrected chi connectivity index (χ2v) is 6.45. The van der Waals surface area contributed by atoms with Crippen molar-refractivity contribution in [2.75, 3.05) is 20.1 Å². The first-order valence-corrected chi connectivity index (χ1v) is 7.76. The van der Waals surface area contributed by atoms with Crippen molar-refractivity contribution in [1.29, 1.82) is 0 Å². The summed E-state index contributed by atoms with van der Waals surface area (Å²) in [5.74, 6) is 1.86. The van der Waals surface area contributed by atoms with Gasteiger partial charge >= 0.3 is 0 Å². The Bertz CT molecular complexity index is 521. The van der Waals surface area contributed by atoms with E-state index in [2.05, 4.69) is 32.7 Å². The smallest absolute Gasteiger partial charge is 0.245 e. The molecule has 0 saturated carbocycles. The van der Waals surface area contributed by atoms with Gasteiger partial charge in [0.15, 0.2) is 5.82 Å². The Hall–Kier alpha value is -1.47. The van der Waals surface area contributed by atoms with Gasteiger partial charge in [0.05, 0.1) is 6.54 Å². The molecule has 2 N–H and O–H groups in total. The van der Waals surface area contributed by atoms with Gasteiger partial charge in [0.25, 0.3) is 0 Å². The van der Waals surface area contributed by atoms with Crippen LogP contribution in [-0.4, -0.2) is 53.2 Å². The number of aromatic nitrogens is 2. The summed E-state index contributed by atoms with van der Waals surface area (Å²) >= 11 is 0. The van der Waals surface area contributed by atoms with Crippen LogP contribution in [0.25, 0.3) is 0 Å². The predicted molar refractivity (Wildman–Crippen MR) is 74.6 cm³/mol.